The first-order chi connectivity index (χ1) is 14.4. The number of carbonyl (C=O) groups is 1. The van der Waals surface area contributed by atoms with Crippen molar-refractivity contribution in [3.8, 4) is 5.75 Å². The first-order valence-electron chi connectivity index (χ1n) is 9.07. The number of nitrogens with two attached hydrogens (primary N) is 1. The third-order valence-corrected chi connectivity index (χ3v) is 5.68. The topological polar surface area (TPSA) is 125 Å². The number of anilines is 1. The maximum atomic E-state index is 12.8. The molecule has 0 spiro atoms. The SMILES string of the molecule is COc1cc2c(cc1NC(=O)[C@@H](C)Sc1nnc(C)c(=O)n1N)oc1ccccc12. The third-order valence-electron chi connectivity index (χ3n) is 4.63. The van der Waals surface area contributed by atoms with E-state index in [2.05, 4.69) is 15.5 Å². The summed E-state index contributed by atoms with van der Waals surface area (Å²) in [6.45, 7) is 3.20. The Kier molecular flexibility index (Phi) is 5.08. The number of ether oxygens (including phenoxy) is 1. The summed E-state index contributed by atoms with van der Waals surface area (Å²) in [7, 11) is 1.53. The molecule has 0 aliphatic carbocycles. The molecule has 3 N–H and O–H groups in total. The summed E-state index contributed by atoms with van der Waals surface area (Å²) in [5.74, 6) is 5.93. The molecule has 4 aromatic rings. The second-order valence-corrected chi connectivity index (χ2v) is 7.95. The molecule has 154 valence electrons. The van der Waals surface area contributed by atoms with E-state index in [1.54, 1.807) is 13.0 Å². The van der Waals surface area contributed by atoms with Crippen molar-refractivity contribution in [1.82, 2.24) is 14.9 Å². The maximum Gasteiger partial charge on any atom is 0.294 e. The number of furan rings is 1. The number of carbonyl (C=O) groups excluding carboxylic acids is 1. The number of thioether (sulfide) groups is 1. The summed E-state index contributed by atoms with van der Waals surface area (Å²) >= 11 is 1.03. The van der Waals surface area contributed by atoms with Crippen molar-refractivity contribution in [2.24, 2.45) is 0 Å². The Hall–Kier alpha value is -3.53. The first kappa shape index (κ1) is 19.8. The van der Waals surface area contributed by atoms with Crippen LogP contribution in [0, 0.1) is 6.92 Å². The summed E-state index contributed by atoms with van der Waals surface area (Å²) in [5, 5.41) is 11.9. The van der Waals surface area contributed by atoms with E-state index in [1.807, 2.05) is 30.3 Å². The van der Waals surface area contributed by atoms with Crippen LogP contribution in [0.2, 0.25) is 0 Å². The van der Waals surface area contributed by atoms with E-state index in [0.717, 1.165) is 32.8 Å². The predicted octanol–water partition coefficient (Wildman–Crippen LogP) is 2.69. The van der Waals surface area contributed by atoms with E-state index < -0.39 is 10.8 Å². The number of nitrogen functional groups attached to an aromatic ring is 1. The first-order valence-corrected chi connectivity index (χ1v) is 9.95. The van der Waals surface area contributed by atoms with Gasteiger partial charge in [-0.05, 0) is 26.0 Å². The summed E-state index contributed by atoms with van der Waals surface area (Å²) in [4.78, 5) is 24.7. The normalized spacial score (nSPS) is 12.2. The second kappa shape index (κ2) is 7.71. The molecule has 10 heteroatoms. The number of amides is 1. The highest BCUT2D eigenvalue weighted by molar-refractivity contribution is 8.00. The molecule has 0 unspecified atom stereocenters. The summed E-state index contributed by atoms with van der Waals surface area (Å²) in [6.07, 6.45) is 0. The number of rotatable bonds is 5. The van der Waals surface area contributed by atoms with Crippen LogP contribution in [-0.4, -0.2) is 33.1 Å². The molecule has 0 fully saturated rings. The smallest absolute Gasteiger partial charge is 0.294 e. The van der Waals surface area contributed by atoms with Gasteiger partial charge in [-0.25, -0.2) is 0 Å². The van der Waals surface area contributed by atoms with Crippen LogP contribution in [0.3, 0.4) is 0 Å². The molecule has 2 aromatic carbocycles. The van der Waals surface area contributed by atoms with Gasteiger partial charge in [-0.15, -0.1) is 10.2 Å². The van der Waals surface area contributed by atoms with E-state index in [9.17, 15) is 9.59 Å². The number of hydrogen-bond donors (Lipinski definition) is 2. The van der Waals surface area contributed by atoms with E-state index >= 15 is 0 Å². The molecular formula is C20H19N5O4S. The Morgan fingerprint density at radius 3 is 2.77 bits per heavy atom. The minimum Gasteiger partial charge on any atom is -0.495 e. The fourth-order valence-corrected chi connectivity index (χ4v) is 3.78. The Morgan fingerprint density at radius 2 is 2.00 bits per heavy atom. The molecule has 9 nitrogen and oxygen atoms in total. The Labute approximate surface area is 175 Å². The summed E-state index contributed by atoms with van der Waals surface area (Å²) < 4.78 is 12.2. The fourth-order valence-electron chi connectivity index (χ4n) is 3.01. The Balaban J connectivity index is 1.61. The zero-order valence-corrected chi connectivity index (χ0v) is 17.3. The van der Waals surface area contributed by atoms with Crippen LogP contribution in [0.4, 0.5) is 5.69 Å². The average molecular weight is 425 g/mol. The Morgan fingerprint density at radius 1 is 1.23 bits per heavy atom. The quantitative estimate of drug-likeness (QED) is 0.369. The van der Waals surface area contributed by atoms with Crippen LogP contribution in [0.5, 0.6) is 5.75 Å². The van der Waals surface area contributed by atoms with Crippen LogP contribution in [0.1, 0.15) is 12.6 Å². The average Bonchev–Trinajstić information content (AvgIpc) is 3.10. The number of methoxy groups -OCH3 is 1. The summed E-state index contributed by atoms with van der Waals surface area (Å²) in [5.41, 5.74) is 1.58. The van der Waals surface area contributed by atoms with Crippen molar-refractivity contribution < 1.29 is 13.9 Å². The molecule has 0 bridgehead atoms. The molecular weight excluding hydrogens is 406 g/mol. The molecule has 0 saturated heterocycles. The third kappa shape index (κ3) is 3.45. The van der Waals surface area contributed by atoms with E-state index in [0.29, 0.717) is 17.0 Å². The lowest BCUT2D eigenvalue weighted by molar-refractivity contribution is -0.115. The van der Waals surface area contributed by atoms with Crippen molar-refractivity contribution in [3.05, 3.63) is 52.4 Å². The number of hydrogen-bond acceptors (Lipinski definition) is 8. The highest BCUT2D eigenvalue weighted by Gasteiger charge is 2.21. The van der Waals surface area contributed by atoms with Crippen molar-refractivity contribution in [2.75, 3.05) is 18.3 Å². The predicted molar refractivity (Wildman–Crippen MR) is 115 cm³/mol. The molecule has 0 radical (unpaired) electrons. The van der Waals surface area contributed by atoms with Gasteiger partial charge >= 0.3 is 0 Å². The van der Waals surface area contributed by atoms with Gasteiger partial charge in [-0.1, -0.05) is 30.0 Å². The number of para-hydroxylation sites is 1. The number of nitrogens with one attached hydrogen (secondary N) is 1. The zero-order chi connectivity index (χ0) is 21.4. The van der Waals surface area contributed by atoms with Crippen LogP contribution < -0.4 is 21.5 Å². The standard InChI is InChI=1S/C20H19N5O4S/c1-10-19(27)25(21)20(24-23-10)30-11(2)18(26)22-14-9-16-13(8-17(14)28-3)12-6-4-5-7-15(12)29-16/h4-9,11H,21H2,1-3H3,(H,22,26)/t11-/m1/s1. The van der Waals surface area contributed by atoms with E-state index in [1.165, 1.54) is 14.0 Å². The molecule has 1 amide bonds. The summed E-state index contributed by atoms with van der Waals surface area (Å²) in [6, 6.07) is 11.2. The largest absolute Gasteiger partial charge is 0.495 e. The Bertz CT molecular complexity index is 1330. The monoisotopic (exact) mass is 425 g/mol. The number of benzene rings is 2. The molecule has 4 rings (SSSR count). The lowest BCUT2D eigenvalue weighted by atomic mass is 10.1. The molecule has 0 saturated carbocycles. The van der Waals surface area contributed by atoms with E-state index in [-0.39, 0.29) is 16.8 Å². The molecule has 0 aliphatic heterocycles. The second-order valence-electron chi connectivity index (χ2n) is 6.64. The number of aromatic nitrogens is 3. The van der Waals surface area contributed by atoms with Crippen LogP contribution in [0.15, 0.2) is 50.8 Å². The number of nitrogens with zero attached hydrogens (tertiary/aromatic N) is 3. The van der Waals surface area contributed by atoms with Crippen LogP contribution in [-0.2, 0) is 4.79 Å². The zero-order valence-electron chi connectivity index (χ0n) is 16.5. The van der Waals surface area contributed by atoms with Gasteiger partial charge in [0, 0.05) is 16.8 Å². The minimum atomic E-state index is -0.604. The molecule has 30 heavy (non-hydrogen) atoms. The fraction of sp³-hybridized carbons (Fsp3) is 0.200. The van der Waals surface area contributed by atoms with Gasteiger partial charge in [0.05, 0.1) is 18.0 Å². The van der Waals surface area contributed by atoms with Gasteiger partial charge in [-0.3, -0.25) is 9.59 Å². The van der Waals surface area contributed by atoms with Crippen molar-refractivity contribution in [1.29, 1.82) is 0 Å². The van der Waals surface area contributed by atoms with Gasteiger partial charge < -0.3 is 20.3 Å². The van der Waals surface area contributed by atoms with Gasteiger partial charge in [0.25, 0.3) is 5.56 Å². The van der Waals surface area contributed by atoms with Crippen LogP contribution in [0.25, 0.3) is 21.9 Å². The van der Waals surface area contributed by atoms with Gasteiger partial charge in [0.1, 0.15) is 22.6 Å². The van der Waals surface area contributed by atoms with Gasteiger partial charge in [0.15, 0.2) is 0 Å². The lowest BCUT2D eigenvalue weighted by Crippen LogP contribution is -2.33. The van der Waals surface area contributed by atoms with Crippen LogP contribution >= 0.6 is 11.8 Å². The molecule has 0 aliphatic rings. The molecule has 1 atom stereocenters. The molecule has 2 heterocycles. The van der Waals surface area contributed by atoms with Gasteiger partial charge in [-0.2, -0.15) is 4.68 Å². The van der Waals surface area contributed by atoms with Gasteiger partial charge in [0.2, 0.25) is 11.1 Å². The van der Waals surface area contributed by atoms with Crippen molar-refractivity contribution in [3.63, 3.8) is 0 Å². The maximum absolute atomic E-state index is 12.8. The number of aryl methyl sites for hydroxylation is 1. The lowest BCUT2D eigenvalue weighted by Gasteiger charge is -2.14. The molecule has 2 aromatic heterocycles. The minimum absolute atomic E-state index is 0.146. The highest BCUT2D eigenvalue weighted by Crippen LogP contribution is 2.36. The highest BCUT2D eigenvalue weighted by atomic mass is 32.2. The van der Waals surface area contributed by atoms with Crippen molar-refractivity contribution >= 4 is 45.3 Å². The number of fused-ring (bicyclic) bond motifs is 3. The van der Waals surface area contributed by atoms with E-state index in [4.69, 9.17) is 15.0 Å². The van der Waals surface area contributed by atoms with Crippen molar-refractivity contribution in [2.45, 2.75) is 24.3 Å².